The summed E-state index contributed by atoms with van der Waals surface area (Å²) in [6.45, 7) is 2.37. The lowest BCUT2D eigenvalue weighted by Gasteiger charge is -2.26. The third kappa shape index (κ3) is 3.10. The Morgan fingerprint density at radius 2 is 1.63 bits per heavy atom. The molecule has 1 fully saturated rings. The summed E-state index contributed by atoms with van der Waals surface area (Å²) < 4.78 is 0. The summed E-state index contributed by atoms with van der Waals surface area (Å²) in [5.41, 5.74) is 0. The average Bonchev–Trinajstić information content (AvgIpc) is 3.17. The molecule has 0 aromatic carbocycles. The smallest absolute Gasteiger partial charge is 0.0766 e. The van der Waals surface area contributed by atoms with Crippen LogP contribution in [0.5, 0.6) is 0 Å². The first-order valence-corrected chi connectivity index (χ1v) is 8.93. The topological polar surface area (TPSA) is 12.0 Å². The number of hydrogen-bond acceptors (Lipinski definition) is 3. The minimum Gasteiger partial charge on any atom is -0.302 e. The maximum Gasteiger partial charge on any atom is 0.0766 e. The van der Waals surface area contributed by atoms with Crippen LogP contribution in [0.2, 0.25) is 0 Å². The zero-order valence-electron chi connectivity index (χ0n) is 11.3. The fourth-order valence-corrected chi connectivity index (χ4v) is 4.75. The van der Waals surface area contributed by atoms with Crippen molar-refractivity contribution in [2.75, 3.05) is 0 Å². The zero-order chi connectivity index (χ0) is 13.1. The molecular formula is C16H21NS2. The van der Waals surface area contributed by atoms with Crippen LogP contribution in [-0.2, 0) is 0 Å². The van der Waals surface area contributed by atoms with Crippen molar-refractivity contribution in [2.45, 2.75) is 44.7 Å². The minimum absolute atomic E-state index is 0.385. The van der Waals surface area contributed by atoms with Crippen molar-refractivity contribution in [2.24, 2.45) is 5.92 Å². The van der Waals surface area contributed by atoms with Gasteiger partial charge in [-0.25, -0.2) is 0 Å². The second kappa shape index (κ2) is 6.21. The monoisotopic (exact) mass is 291 g/mol. The number of thiophene rings is 2. The number of hydrogen-bond donors (Lipinski definition) is 1. The Balaban J connectivity index is 1.76. The summed E-state index contributed by atoms with van der Waals surface area (Å²) in [6.07, 6.45) is 5.63. The van der Waals surface area contributed by atoms with Crippen molar-refractivity contribution < 1.29 is 0 Å². The Morgan fingerprint density at radius 1 is 1.05 bits per heavy atom. The standard InChI is InChI=1S/C16H21NS2/c1-12(13-6-2-3-7-13)17-16(14-8-4-10-18-14)15-9-5-11-19-15/h4-5,8-13,16-17H,2-3,6-7H2,1H3/t12-/m0/s1. The third-order valence-electron chi connectivity index (χ3n) is 4.19. The van der Waals surface area contributed by atoms with Crippen LogP contribution in [0.4, 0.5) is 0 Å². The number of nitrogens with one attached hydrogen (secondary N) is 1. The van der Waals surface area contributed by atoms with Gasteiger partial charge in [0.1, 0.15) is 0 Å². The normalized spacial score (nSPS) is 18.2. The molecule has 0 unspecified atom stereocenters. The molecule has 3 rings (SSSR count). The first-order chi connectivity index (χ1) is 9.34. The molecule has 0 aliphatic heterocycles. The average molecular weight is 291 g/mol. The van der Waals surface area contributed by atoms with E-state index < -0.39 is 0 Å². The first-order valence-electron chi connectivity index (χ1n) is 7.17. The van der Waals surface area contributed by atoms with Crippen molar-refractivity contribution in [1.82, 2.24) is 5.32 Å². The molecule has 19 heavy (non-hydrogen) atoms. The Hall–Kier alpha value is -0.640. The van der Waals surface area contributed by atoms with Crippen molar-refractivity contribution in [3.8, 4) is 0 Å². The van der Waals surface area contributed by atoms with Gasteiger partial charge in [0.05, 0.1) is 6.04 Å². The molecule has 1 N–H and O–H groups in total. The van der Waals surface area contributed by atoms with E-state index in [0.29, 0.717) is 12.1 Å². The van der Waals surface area contributed by atoms with Crippen molar-refractivity contribution in [3.63, 3.8) is 0 Å². The fourth-order valence-electron chi connectivity index (χ4n) is 3.07. The molecule has 1 aliphatic carbocycles. The maximum atomic E-state index is 3.88. The van der Waals surface area contributed by atoms with E-state index in [1.165, 1.54) is 35.4 Å². The summed E-state index contributed by atoms with van der Waals surface area (Å²) in [7, 11) is 0. The van der Waals surface area contributed by atoms with E-state index in [1.807, 2.05) is 22.7 Å². The molecule has 3 heteroatoms. The largest absolute Gasteiger partial charge is 0.302 e. The van der Waals surface area contributed by atoms with E-state index in [1.54, 1.807) is 0 Å². The van der Waals surface area contributed by atoms with Gasteiger partial charge in [0.25, 0.3) is 0 Å². The van der Waals surface area contributed by atoms with Crippen LogP contribution >= 0.6 is 22.7 Å². The molecule has 2 aromatic heterocycles. The molecule has 2 aromatic rings. The van der Waals surface area contributed by atoms with E-state index in [9.17, 15) is 0 Å². The zero-order valence-corrected chi connectivity index (χ0v) is 13.0. The predicted octanol–water partition coefficient (Wildman–Crippen LogP) is 5.07. The summed E-state index contributed by atoms with van der Waals surface area (Å²) in [5.74, 6) is 0.863. The molecule has 0 amide bonds. The van der Waals surface area contributed by atoms with Gasteiger partial charge in [0.2, 0.25) is 0 Å². The molecule has 2 heterocycles. The molecule has 0 bridgehead atoms. The van der Waals surface area contributed by atoms with Crippen LogP contribution in [0, 0.1) is 5.92 Å². The highest BCUT2D eigenvalue weighted by Crippen LogP contribution is 2.33. The second-order valence-corrected chi connectivity index (χ2v) is 7.42. The van der Waals surface area contributed by atoms with E-state index in [4.69, 9.17) is 0 Å². The van der Waals surface area contributed by atoms with Gasteiger partial charge in [-0.2, -0.15) is 0 Å². The van der Waals surface area contributed by atoms with Crippen LogP contribution < -0.4 is 5.32 Å². The van der Waals surface area contributed by atoms with Gasteiger partial charge in [0.15, 0.2) is 0 Å². The molecule has 102 valence electrons. The Morgan fingerprint density at radius 3 is 2.11 bits per heavy atom. The van der Waals surface area contributed by atoms with Crippen molar-refractivity contribution in [1.29, 1.82) is 0 Å². The predicted molar refractivity (Wildman–Crippen MR) is 85.0 cm³/mol. The van der Waals surface area contributed by atoms with Crippen molar-refractivity contribution in [3.05, 3.63) is 44.8 Å². The minimum atomic E-state index is 0.385. The van der Waals surface area contributed by atoms with E-state index in [0.717, 1.165) is 5.92 Å². The van der Waals surface area contributed by atoms with Crippen LogP contribution in [0.15, 0.2) is 35.0 Å². The maximum absolute atomic E-state index is 3.88. The van der Waals surface area contributed by atoms with Gasteiger partial charge in [-0.15, -0.1) is 22.7 Å². The molecule has 1 nitrogen and oxygen atoms in total. The second-order valence-electron chi connectivity index (χ2n) is 5.46. The Kier molecular flexibility index (Phi) is 4.36. The fraction of sp³-hybridized carbons (Fsp3) is 0.500. The van der Waals surface area contributed by atoms with Gasteiger partial charge < -0.3 is 5.32 Å². The van der Waals surface area contributed by atoms with Gasteiger partial charge >= 0.3 is 0 Å². The summed E-state index contributed by atoms with van der Waals surface area (Å²) >= 11 is 3.72. The molecule has 1 aliphatic rings. The molecule has 1 saturated carbocycles. The highest BCUT2D eigenvalue weighted by molar-refractivity contribution is 7.11. The lowest BCUT2D eigenvalue weighted by Crippen LogP contribution is -2.35. The number of rotatable bonds is 5. The van der Waals surface area contributed by atoms with Crippen LogP contribution in [0.25, 0.3) is 0 Å². The molecule has 0 saturated heterocycles. The lowest BCUT2D eigenvalue weighted by molar-refractivity contribution is 0.364. The van der Waals surface area contributed by atoms with Gasteiger partial charge in [-0.1, -0.05) is 25.0 Å². The van der Waals surface area contributed by atoms with Crippen LogP contribution in [0.1, 0.15) is 48.4 Å². The molecular weight excluding hydrogens is 270 g/mol. The van der Waals surface area contributed by atoms with E-state index in [2.05, 4.69) is 47.3 Å². The van der Waals surface area contributed by atoms with Crippen LogP contribution in [0.3, 0.4) is 0 Å². The van der Waals surface area contributed by atoms with Gasteiger partial charge in [-0.05, 0) is 48.6 Å². The molecule has 0 spiro atoms. The Bertz CT molecular complexity index is 435. The SMILES string of the molecule is C[C@H](NC(c1cccs1)c1cccs1)C1CCCC1. The third-order valence-corrected chi connectivity index (χ3v) is 6.07. The van der Waals surface area contributed by atoms with Gasteiger partial charge in [0, 0.05) is 15.8 Å². The van der Waals surface area contributed by atoms with E-state index in [-0.39, 0.29) is 0 Å². The summed E-state index contributed by atoms with van der Waals surface area (Å²) in [4.78, 5) is 2.87. The van der Waals surface area contributed by atoms with Gasteiger partial charge in [-0.3, -0.25) is 0 Å². The quantitative estimate of drug-likeness (QED) is 0.811. The first kappa shape index (κ1) is 13.3. The van der Waals surface area contributed by atoms with Crippen LogP contribution in [-0.4, -0.2) is 6.04 Å². The summed E-state index contributed by atoms with van der Waals surface area (Å²) in [6, 6.07) is 9.81. The summed E-state index contributed by atoms with van der Waals surface area (Å²) in [5, 5.41) is 8.24. The Labute approximate surface area is 123 Å². The highest BCUT2D eigenvalue weighted by atomic mass is 32.1. The molecule has 1 atom stereocenters. The highest BCUT2D eigenvalue weighted by Gasteiger charge is 2.25. The van der Waals surface area contributed by atoms with E-state index >= 15 is 0 Å². The lowest BCUT2D eigenvalue weighted by atomic mass is 9.98. The molecule has 0 radical (unpaired) electrons. The van der Waals surface area contributed by atoms with Crippen molar-refractivity contribution >= 4 is 22.7 Å².